The first-order valence-corrected chi connectivity index (χ1v) is 14.8. The van der Waals surface area contributed by atoms with Gasteiger partial charge < -0.3 is 13.6 Å². The number of rotatable bonds is 2. The van der Waals surface area contributed by atoms with Crippen LogP contribution in [0.1, 0.15) is 16.7 Å². The van der Waals surface area contributed by atoms with E-state index in [1.807, 2.05) is 97.1 Å². The van der Waals surface area contributed by atoms with E-state index in [1.54, 1.807) is 0 Å². The van der Waals surface area contributed by atoms with Gasteiger partial charge in [-0.15, -0.1) is 0 Å². The van der Waals surface area contributed by atoms with E-state index in [4.69, 9.17) is 11.0 Å². The van der Waals surface area contributed by atoms with Gasteiger partial charge in [0.1, 0.15) is 11.2 Å². The Kier molecular flexibility index (Phi) is 5.33. The average Bonchev–Trinajstić information content (AvgIpc) is 3.76. The zero-order valence-electron chi connectivity index (χ0n) is 24.5. The van der Waals surface area contributed by atoms with Crippen molar-refractivity contribution >= 4 is 71.2 Å². The molecule has 0 N–H and O–H groups in total. The van der Waals surface area contributed by atoms with Crippen LogP contribution in [0, 0.1) is 40.6 Å². The SMILES string of the molecule is [C-]#[N+]c1ccc2c(c1)c1cc(C#N)ccc1n2-c1ccc2oc3ccc(-n4c5ccc(C#N)cc5c5cc(C#N)ccc54)cc3c2c1. The summed E-state index contributed by atoms with van der Waals surface area (Å²) in [7, 11) is 0. The number of aromatic nitrogens is 2. The number of furan rings is 1. The number of nitrogens with zero attached hydrogens (tertiary/aromatic N) is 6. The third-order valence-corrected chi connectivity index (χ3v) is 8.98. The van der Waals surface area contributed by atoms with Gasteiger partial charge in [-0.1, -0.05) is 6.07 Å². The predicted molar refractivity (Wildman–Crippen MR) is 183 cm³/mol. The van der Waals surface area contributed by atoms with Gasteiger partial charge in [-0.05, 0) is 109 Å². The van der Waals surface area contributed by atoms with Crippen molar-refractivity contribution in [1.82, 2.24) is 9.13 Å². The second-order valence-corrected chi connectivity index (χ2v) is 11.5. The lowest BCUT2D eigenvalue weighted by atomic mass is 10.1. The highest BCUT2D eigenvalue weighted by molar-refractivity contribution is 6.13. The van der Waals surface area contributed by atoms with Gasteiger partial charge in [-0.2, -0.15) is 15.8 Å². The Labute approximate surface area is 267 Å². The summed E-state index contributed by atoms with van der Waals surface area (Å²) in [5.74, 6) is 0. The lowest BCUT2D eigenvalue weighted by molar-refractivity contribution is 0.669. The molecule has 7 nitrogen and oxygen atoms in total. The molecular formula is C40H18N6O. The molecule has 0 saturated heterocycles. The van der Waals surface area contributed by atoms with Crippen LogP contribution in [-0.4, -0.2) is 9.13 Å². The van der Waals surface area contributed by atoms with Crippen molar-refractivity contribution in [2.75, 3.05) is 0 Å². The van der Waals surface area contributed by atoms with Crippen molar-refractivity contribution in [3.05, 3.63) is 137 Å². The standard InChI is InChI=1S/C40H18N6O/c1-44-26-5-11-38-32(17-26)31-16-25(22-43)4-10-37(31)46(38)28-7-13-40-34(19-28)33-18-27(6-12-39(33)47-40)45-35-8-2-23(20-41)14-29(35)30-15-24(21-42)3-9-36(30)45/h2-19H. The minimum absolute atomic E-state index is 0.542. The molecule has 0 aliphatic rings. The fourth-order valence-corrected chi connectivity index (χ4v) is 6.90. The summed E-state index contributed by atoms with van der Waals surface area (Å²) in [6.45, 7) is 7.55. The molecule has 47 heavy (non-hydrogen) atoms. The van der Waals surface area contributed by atoms with Gasteiger partial charge in [0.15, 0.2) is 5.69 Å². The highest BCUT2D eigenvalue weighted by Crippen LogP contribution is 2.39. The van der Waals surface area contributed by atoms with Crippen LogP contribution in [0.5, 0.6) is 0 Å². The van der Waals surface area contributed by atoms with Crippen molar-refractivity contribution in [2.45, 2.75) is 0 Å². The minimum Gasteiger partial charge on any atom is -0.456 e. The molecule has 3 heterocycles. The Balaban J connectivity index is 1.30. The van der Waals surface area contributed by atoms with Crippen LogP contribution in [0.3, 0.4) is 0 Å². The Morgan fingerprint density at radius 2 is 0.872 bits per heavy atom. The highest BCUT2D eigenvalue weighted by Gasteiger charge is 2.18. The summed E-state index contributed by atoms with van der Waals surface area (Å²) >= 11 is 0. The molecule has 0 aliphatic heterocycles. The van der Waals surface area contributed by atoms with E-state index in [9.17, 15) is 15.8 Å². The summed E-state index contributed by atoms with van der Waals surface area (Å²) in [5, 5.41) is 34.3. The molecule has 0 spiro atoms. The quantitative estimate of drug-likeness (QED) is 0.185. The summed E-state index contributed by atoms with van der Waals surface area (Å²) in [5.41, 5.74) is 9.32. The van der Waals surface area contributed by atoms with Crippen molar-refractivity contribution < 1.29 is 4.42 Å². The average molecular weight is 599 g/mol. The van der Waals surface area contributed by atoms with E-state index >= 15 is 0 Å². The molecule has 0 aliphatic carbocycles. The maximum absolute atomic E-state index is 9.60. The molecule has 9 aromatic rings. The van der Waals surface area contributed by atoms with Crippen molar-refractivity contribution in [1.29, 1.82) is 15.8 Å². The van der Waals surface area contributed by atoms with Crippen LogP contribution in [0.2, 0.25) is 0 Å². The van der Waals surface area contributed by atoms with E-state index in [2.05, 4.69) is 44.3 Å². The molecule has 0 unspecified atom stereocenters. The third kappa shape index (κ3) is 3.69. The lowest BCUT2D eigenvalue weighted by Gasteiger charge is -2.09. The van der Waals surface area contributed by atoms with Gasteiger partial charge in [0.05, 0.1) is 63.5 Å². The van der Waals surface area contributed by atoms with E-state index in [1.165, 1.54) is 0 Å². The van der Waals surface area contributed by atoms with Gasteiger partial charge in [0, 0.05) is 38.3 Å². The van der Waals surface area contributed by atoms with Crippen LogP contribution < -0.4 is 0 Å². The number of nitriles is 3. The third-order valence-electron chi connectivity index (χ3n) is 8.98. The van der Waals surface area contributed by atoms with Crippen LogP contribution in [0.4, 0.5) is 5.69 Å². The van der Waals surface area contributed by atoms with Crippen LogP contribution in [0.15, 0.2) is 114 Å². The molecule has 0 atom stereocenters. The molecule has 0 saturated carbocycles. The molecular weight excluding hydrogens is 580 g/mol. The number of hydrogen-bond acceptors (Lipinski definition) is 4. The van der Waals surface area contributed by atoms with Gasteiger partial charge in [0.25, 0.3) is 0 Å². The maximum Gasteiger partial charge on any atom is 0.188 e. The first-order chi connectivity index (χ1) is 23.1. The largest absolute Gasteiger partial charge is 0.456 e. The van der Waals surface area contributed by atoms with Crippen LogP contribution in [-0.2, 0) is 0 Å². The first-order valence-electron chi connectivity index (χ1n) is 14.8. The molecule has 0 amide bonds. The second-order valence-electron chi connectivity index (χ2n) is 11.5. The van der Waals surface area contributed by atoms with Gasteiger partial charge in [-0.3, -0.25) is 0 Å². The van der Waals surface area contributed by atoms with Gasteiger partial charge >= 0.3 is 0 Å². The molecule has 0 bridgehead atoms. The zero-order chi connectivity index (χ0) is 31.8. The Morgan fingerprint density at radius 3 is 1.28 bits per heavy atom. The molecule has 214 valence electrons. The van der Waals surface area contributed by atoms with Crippen molar-refractivity contribution in [3.63, 3.8) is 0 Å². The Hall–Kier alpha value is -7.32. The van der Waals surface area contributed by atoms with E-state index in [0.717, 1.165) is 76.9 Å². The summed E-state index contributed by atoms with van der Waals surface area (Å²) in [6, 6.07) is 41.6. The normalized spacial score (nSPS) is 11.3. The van der Waals surface area contributed by atoms with Gasteiger partial charge in [-0.25, -0.2) is 4.85 Å². The van der Waals surface area contributed by atoms with E-state index < -0.39 is 0 Å². The summed E-state index contributed by atoms with van der Waals surface area (Å²) in [4.78, 5) is 3.64. The van der Waals surface area contributed by atoms with Crippen molar-refractivity contribution in [2.24, 2.45) is 0 Å². The topological polar surface area (TPSA) is 98.7 Å². The Morgan fingerprint density at radius 1 is 0.468 bits per heavy atom. The van der Waals surface area contributed by atoms with Gasteiger partial charge in [0.2, 0.25) is 0 Å². The molecule has 0 radical (unpaired) electrons. The maximum atomic E-state index is 9.60. The molecule has 6 aromatic carbocycles. The number of benzene rings is 6. The lowest BCUT2D eigenvalue weighted by Crippen LogP contribution is -1.94. The van der Waals surface area contributed by atoms with Crippen LogP contribution >= 0.6 is 0 Å². The second kappa shape index (κ2) is 9.59. The molecule has 0 fully saturated rings. The predicted octanol–water partition coefficient (Wildman–Crippen LogP) is 9.95. The number of fused-ring (bicyclic) bond motifs is 9. The monoisotopic (exact) mass is 598 g/mol. The fourth-order valence-electron chi connectivity index (χ4n) is 6.90. The summed E-state index contributed by atoms with van der Waals surface area (Å²) < 4.78 is 10.6. The highest BCUT2D eigenvalue weighted by atomic mass is 16.3. The first kappa shape index (κ1) is 26.1. The summed E-state index contributed by atoms with van der Waals surface area (Å²) in [6.07, 6.45) is 0. The van der Waals surface area contributed by atoms with Crippen molar-refractivity contribution in [3.8, 4) is 29.6 Å². The van der Waals surface area contributed by atoms with Crippen LogP contribution in [0.25, 0.3) is 81.8 Å². The minimum atomic E-state index is 0.542. The van der Waals surface area contributed by atoms with E-state index in [-0.39, 0.29) is 0 Å². The molecule has 9 rings (SSSR count). The van der Waals surface area contributed by atoms with E-state index in [0.29, 0.717) is 22.4 Å². The smallest absolute Gasteiger partial charge is 0.188 e. The Bertz CT molecular complexity index is 2670. The fraction of sp³-hybridized carbons (Fsp3) is 0. The molecule has 3 aromatic heterocycles. The number of hydrogen-bond donors (Lipinski definition) is 0. The molecule has 7 heteroatoms. The zero-order valence-corrected chi connectivity index (χ0v) is 24.5.